The van der Waals surface area contributed by atoms with Crippen LogP contribution in [0.1, 0.15) is 30.7 Å². The van der Waals surface area contributed by atoms with Crippen molar-refractivity contribution in [3.8, 4) is 11.3 Å². The Balaban J connectivity index is 1.32. The molecule has 0 bridgehead atoms. The third-order valence-electron chi connectivity index (χ3n) is 5.47. The number of carbonyl (C=O) groups excluding carboxylic acids is 2. The Hall–Kier alpha value is -3.38. The second-order valence-corrected chi connectivity index (χ2v) is 8.33. The molecule has 32 heavy (non-hydrogen) atoms. The highest BCUT2D eigenvalue weighted by Crippen LogP contribution is 2.30. The van der Waals surface area contributed by atoms with Crippen molar-refractivity contribution in [2.45, 2.75) is 33.4 Å². The van der Waals surface area contributed by atoms with Crippen LogP contribution in [0.15, 0.2) is 65.1 Å². The van der Waals surface area contributed by atoms with E-state index in [1.54, 1.807) is 0 Å². The summed E-state index contributed by atoms with van der Waals surface area (Å²) in [6.07, 6.45) is 0.727. The Morgan fingerprint density at radius 2 is 1.84 bits per heavy atom. The summed E-state index contributed by atoms with van der Waals surface area (Å²) in [6.45, 7) is 5.52. The molecule has 4 rings (SSSR count). The molecular formula is C26H28N2O4. The number of nitrogens with zero attached hydrogens (tertiary/aromatic N) is 1. The van der Waals surface area contributed by atoms with E-state index in [0.717, 1.165) is 34.6 Å². The Kier molecular flexibility index (Phi) is 6.71. The second kappa shape index (κ2) is 9.83. The molecule has 3 aromatic rings. The first-order valence-electron chi connectivity index (χ1n) is 10.9. The van der Waals surface area contributed by atoms with E-state index in [-0.39, 0.29) is 24.3 Å². The molecule has 6 heteroatoms. The molecule has 166 valence electrons. The van der Waals surface area contributed by atoms with Crippen LogP contribution in [0.25, 0.3) is 11.3 Å². The van der Waals surface area contributed by atoms with Gasteiger partial charge in [0, 0.05) is 42.2 Å². The number of furan rings is 1. The largest absolute Gasteiger partial charge is 0.461 e. The molecule has 6 nitrogen and oxygen atoms in total. The third-order valence-corrected chi connectivity index (χ3v) is 5.47. The summed E-state index contributed by atoms with van der Waals surface area (Å²) in [6, 6.07) is 19.3. The zero-order valence-electron chi connectivity index (χ0n) is 18.5. The smallest absolute Gasteiger partial charge is 0.250 e. The van der Waals surface area contributed by atoms with E-state index in [2.05, 4.69) is 5.32 Å². The predicted octanol–water partition coefficient (Wildman–Crippen LogP) is 4.64. The monoisotopic (exact) mass is 432 g/mol. The third kappa shape index (κ3) is 5.26. The molecule has 1 N–H and O–H groups in total. The standard InChI is InChI=1S/C26H28N2O4/c1-18(2)26(30)28-13-12-23-21(15-28)14-24(32-23)20-8-10-22(11-9-20)27-25(29)17-31-16-19-6-4-3-5-7-19/h3-11,14,18H,12-13,15-17H2,1-2H3,(H,27,29). The molecule has 0 saturated heterocycles. The molecule has 0 atom stereocenters. The van der Waals surface area contributed by atoms with Crippen LogP contribution >= 0.6 is 0 Å². The minimum atomic E-state index is -0.197. The number of benzene rings is 2. The van der Waals surface area contributed by atoms with Crippen molar-refractivity contribution in [2.75, 3.05) is 18.5 Å². The number of amides is 2. The van der Waals surface area contributed by atoms with Gasteiger partial charge >= 0.3 is 0 Å². The Morgan fingerprint density at radius 3 is 2.56 bits per heavy atom. The zero-order chi connectivity index (χ0) is 22.5. The maximum Gasteiger partial charge on any atom is 0.250 e. The van der Waals surface area contributed by atoms with Crippen LogP contribution in [0.2, 0.25) is 0 Å². The van der Waals surface area contributed by atoms with Gasteiger partial charge in [-0.15, -0.1) is 0 Å². The minimum absolute atomic E-state index is 0.00517. The van der Waals surface area contributed by atoms with Gasteiger partial charge in [-0.25, -0.2) is 0 Å². The van der Waals surface area contributed by atoms with E-state index in [0.29, 0.717) is 25.4 Å². The van der Waals surface area contributed by atoms with E-state index >= 15 is 0 Å². The summed E-state index contributed by atoms with van der Waals surface area (Å²) in [4.78, 5) is 26.3. The summed E-state index contributed by atoms with van der Waals surface area (Å²) in [5.74, 6) is 1.69. The van der Waals surface area contributed by atoms with E-state index in [9.17, 15) is 9.59 Å². The summed E-state index contributed by atoms with van der Waals surface area (Å²) in [5, 5.41) is 2.85. The highest BCUT2D eigenvalue weighted by molar-refractivity contribution is 5.91. The number of hydrogen-bond donors (Lipinski definition) is 1. The van der Waals surface area contributed by atoms with Crippen molar-refractivity contribution < 1.29 is 18.7 Å². The molecule has 1 aromatic heterocycles. The Bertz CT molecular complexity index is 1070. The van der Waals surface area contributed by atoms with E-state index in [4.69, 9.17) is 9.15 Å². The van der Waals surface area contributed by atoms with Gasteiger partial charge < -0.3 is 19.4 Å². The van der Waals surface area contributed by atoms with Crippen molar-refractivity contribution in [2.24, 2.45) is 5.92 Å². The van der Waals surface area contributed by atoms with Crippen molar-refractivity contribution in [3.05, 3.63) is 77.6 Å². The van der Waals surface area contributed by atoms with Gasteiger partial charge in [0.2, 0.25) is 11.8 Å². The first-order valence-corrected chi connectivity index (χ1v) is 10.9. The lowest BCUT2D eigenvalue weighted by atomic mass is 10.1. The molecule has 2 aromatic carbocycles. The molecule has 2 heterocycles. The highest BCUT2D eigenvalue weighted by atomic mass is 16.5. The van der Waals surface area contributed by atoms with E-state index < -0.39 is 0 Å². The van der Waals surface area contributed by atoms with Gasteiger partial charge in [0.1, 0.15) is 18.1 Å². The SMILES string of the molecule is CC(C)C(=O)N1CCc2oc(-c3ccc(NC(=O)COCc4ccccc4)cc3)cc2C1. The molecular weight excluding hydrogens is 404 g/mol. The van der Waals surface area contributed by atoms with Crippen LogP contribution in [-0.2, 0) is 33.9 Å². The minimum Gasteiger partial charge on any atom is -0.461 e. The molecule has 0 spiro atoms. The number of carbonyl (C=O) groups is 2. The van der Waals surface area contributed by atoms with Gasteiger partial charge in [-0.3, -0.25) is 9.59 Å². The quantitative estimate of drug-likeness (QED) is 0.590. The topological polar surface area (TPSA) is 71.8 Å². The maximum absolute atomic E-state index is 12.3. The van der Waals surface area contributed by atoms with Gasteiger partial charge in [0.15, 0.2) is 0 Å². The first kappa shape index (κ1) is 21.8. The van der Waals surface area contributed by atoms with Crippen LogP contribution in [0, 0.1) is 5.92 Å². The summed E-state index contributed by atoms with van der Waals surface area (Å²) >= 11 is 0. The lowest BCUT2D eigenvalue weighted by molar-refractivity contribution is -0.135. The van der Waals surface area contributed by atoms with Gasteiger partial charge in [-0.05, 0) is 35.9 Å². The molecule has 0 fully saturated rings. The van der Waals surface area contributed by atoms with Crippen molar-refractivity contribution in [3.63, 3.8) is 0 Å². The fourth-order valence-electron chi connectivity index (χ4n) is 3.78. The predicted molar refractivity (Wildman–Crippen MR) is 123 cm³/mol. The second-order valence-electron chi connectivity index (χ2n) is 8.33. The Morgan fingerprint density at radius 1 is 1.09 bits per heavy atom. The molecule has 0 aliphatic carbocycles. The van der Waals surface area contributed by atoms with Crippen LogP contribution in [0.5, 0.6) is 0 Å². The van der Waals surface area contributed by atoms with Crippen LogP contribution in [0.4, 0.5) is 5.69 Å². The van der Waals surface area contributed by atoms with Gasteiger partial charge in [0.05, 0.1) is 6.61 Å². The normalized spacial score (nSPS) is 13.2. The molecule has 1 aliphatic rings. The number of ether oxygens (including phenoxy) is 1. The molecule has 1 aliphatic heterocycles. The van der Waals surface area contributed by atoms with Gasteiger partial charge in [0.25, 0.3) is 0 Å². The maximum atomic E-state index is 12.3. The number of nitrogens with one attached hydrogen (secondary N) is 1. The lowest BCUT2D eigenvalue weighted by Crippen LogP contribution is -2.37. The molecule has 0 radical (unpaired) electrons. The van der Waals surface area contributed by atoms with Crippen molar-refractivity contribution >= 4 is 17.5 Å². The summed E-state index contributed by atoms with van der Waals surface area (Å²) in [7, 11) is 0. The van der Waals surface area contributed by atoms with Crippen LogP contribution in [0.3, 0.4) is 0 Å². The molecule has 2 amide bonds. The average Bonchev–Trinajstić information content (AvgIpc) is 3.23. The van der Waals surface area contributed by atoms with E-state index in [1.807, 2.05) is 79.4 Å². The summed E-state index contributed by atoms with van der Waals surface area (Å²) < 4.78 is 11.5. The van der Waals surface area contributed by atoms with Crippen LogP contribution in [-0.4, -0.2) is 29.9 Å². The van der Waals surface area contributed by atoms with Crippen molar-refractivity contribution in [1.82, 2.24) is 4.90 Å². The Labute approximate surface area is 188 Å². The lowest BCUT2D eigenvalue weighted by Gasteiger charge is -2.27. The summed E-state index contributed by atoms with van der Waals surface area (Å²) in [5.41, 5.74) is 3.72. The zero-order valence-corrected chi connectivity index (χ0v) is 18.5. The van der Waals surface area contributed by atoms with E-state index in [1.165, 1.54) is 0 Å². The number of anilines is 1. The number of fused-ring (bicyclic) bond motifs is 1. The molecule has 0 unspecified atom stereocenters. The fraction of sp³-hybridized carbons (Fsp3) is 0.308. The number of hydrogen-bond acceptors (Lipinski definition) is 4. The fourth-order valence-corrected chi connectivity index (χ4v) is 3.78. The van der Waals surface area contributed by atoms with Gasteiger partial charge in [-0.1, -0.05) is 44.2 Å². The van der Waals surface area contributed by atoms with Crippen molar-refractivity contribution in [1.29, 1.82) is 0 Å². The molecule has 0 saturated carbocycles. The number of rotatable bonds is 7. The first-order chi connectivity index (χ1) is 15.5. The average molecular weight is 433 g/mol. The highest BCUT2D eigenvalue weighted by Gasteiger charge is 2.25. The van der Waals surface area contributed by atoms with Gasteiger partial charge in [-0.2, -0.15) is 0 Å². The van der Waals surface area contributed by atoms with Crippen LogP contribution < -0.4 is 5.32 Å².